The number of nitrogens with zero attached hydrogens (tertiary/aromatic N) is 3. The van der Waals surface area contributed by atoms with Crippen LogP contribution in [0, 0.1) is 0 Å². The summed E-state index contributed by atoms with van der Waals surface area (Å²) in [5.41, 5.74) is 2.57. The van der Waals surface area contributed by atoms with E-state index in [2.05, 4.69) is 9.88 Å². The van der Waals surface area contributed by atoms with Gasteiger partial charge in [0.25, 0.3) is 5.91 Å². The number of halogens is 1. The van der Waals surface area contributed by atoms with Crippen molar-refractivity contribution in [2.24, 2.45) is 0 Å². The molecule has 0 unspecified atom stereocenters. The van der Waals surface area contributed by atoms with Crippen LogP contribution in [0.2, 0.25) is 5.02 Å². The van der Waals surface area contributed by atoms with E-state index in [1.807, 2.05) is 41.8 Å². The lowest BCUT2D eigenvalue weighted by Gasteiger charge is -2.21. The lowest BCUT2D eigenvalue weighted by molar-refractivity contribution is -0.167. The number of aromatic nitrogens is 1. The fourth-order valence-electron chi connectivity index (χ4n) is 2.94. The van der Waals surface area contributed by atoms with Crippen LogP contribution in [0.25, 0.3) is 0 Å². The van der Waals surface area contributed by atoms with Gasteiger partial charge in [-0.2, -0.15) is 0 Å². The van der Waals surface area contributed by atoms with Gasteiger partial charge in [-0.1, -0.05) is 29.8 Å². The van der Waals surface area contributed by atoms with E-state index < -0.39 is 0 Å². The minimum Gasteiger partial charge on any atom is -0.455 e. The summed E-state index contributed by atoms with van der Waals surface area (Å²) < 4.78 is 6.13. The van der Waals surface area contributed by atoms with Gasteiger partial charge < -0.3 is 9.64 Å². The molecule has 1 aliphatic heterocycles. The highest BCUT2D eigenvalue weighted by atomic mass is 35.5. The largest absolute Gasteiger partial charge is 0.455 e. The van der Waals surface area contributed by atoms with E-state index in [1.54, 1.807) is 13.1 Å². The number of ether oxygens (including phenoxy) is 1. The molecule has 0 radical (unpaired) electrons. The molecule has 0 saturated heterocycles. The second-order valence-electron chi connectivity index (χ2n) is 6.28. The zero-order chi connectivity index (χ0) is 19.7. The molecule has 3 aromatic rings. The maximum Gasteiger partial charge on any atom is 0.251 e. The van der Waals surface area contributed by atoms with Crippen LogP contribution in [-0.4, -0.2) is 30.1 Å². The third kappa shape index (κ3) is 3.69. The maximum atomic E-state index is 12.1. The number of hydrogen-bond donors (Lipinski definition) is 0. The van der Waals surface area contributed by atoms with Gasteiger partial charge in [-0.15, -0.1) is 11.3 Å². The summed E-state index contributed by atoms with van der Waals surface area (Å²) in [6.45, 7) is 0.586. The van der Waals surface area contributed by atoms with Crippen LogP contribution in [0.4, 0.5) is 10.8 Å². The average molecular weight is 416 g/mol. The van der Waals surface area contributed by atoms with Gasteiger partial charge in [0.15, 0.2) is 10.9 Å². The highest BCUT2D eigenvalue weighted by Gasteiger charge is 2.24. The number of carbonyl (C=O) groups is 1. The average Bonchev–Trinajstić information content (AvgIpc) is 3.09. The Morgan fingerprint density at radius 3 is 2.96 bits per heavy atom. The van der Waals surface area contributed by atoms with Crippen LogP contribution in [0.3, 0.4) is 0 Å². The van der Waals surface area contributed by atoms with Crippen molar-refractivity contribution in [2.75, 3.05) is 19.1 Å². The first-order valence-electron chi connectivity index (χ1n) is 8.63. The molecule has 0 bridgehead atoms. The predicted molar refractivity (Wildman–Crippen MR) is 109 cm³/mol. The number of fused-ring (bicyclic) bond motifs is 2. The number of amides is 1. The van der Waals surface area contributed by atoms with Crippen molar-refractivity contribution in [1.82, 2.24) is 10.0 Å². The minimum absolute atomic E-state index is 0.160. The van der Waals surface area contributed by atoms with Gasteiger partial charge in [0, 0.05) is 23.0 Å². The minimum atomic E-state index is -0.160. The van der Waals surface area contributed by atoms with E-state index >= 15 is 0 Å². The Morgan fingerprint density at radius 2 is 2.14 bits per heavy atom. The summed E-state index contributed by atoms with van der Waals surface area (Å²) in [4.78, 5) is 23.8. The molecule has 1 aliphatic rings. The number of hydrogen-bond acceptors (Lipinski definition) is 6. The first-order chi connectivity index (χ1) is 13.5. The van der Waals surface area contributed by atoms with E-state index in [0.717, 1.165) is 22.1 Å². The molecule has 0 spiro atoms. The molecular formula is C20H18ClN3O3S. The molecule has 0 aliphatic carbocycles. The molecule has 6 nitrogen and oxygen atoms in total. The summed E-state index contributed by atoms with van der Waals surface area (Å²) in [6, 6.07) is 13.4. The predicted octanol–water partition coefficient (Wildman–Crippen LogP) is 4.80. The monoisotopic (exact) mass is 415 g/mol. The van der Waals surface area contributed by atoms with Crippen molar-refractivity contribution in [2.45, 2.75) is 13.0 Å². The molecule has 0 saturated carbocycles. The molecule has 2 aromatic carbocycles. The Hall–Kier alpha value is -2.61. The number of likely N-dealkylation sites (N-methyl/N-ethyl adjacent to an activating group) is 1. The third-order valence-corrected chi connectivity index (χ3v) is 5.61. The Balaban J connectivity index is 1.71. The van der Waals surface area contributed by atoms with Gasteiger partial charge in [-0.05, 0) is 24.3 Å². The molecular weight excluding hydrogens is 398 g/mol. The van der Waals surface area contributed by atoms with Crippen molar-refractivity contribution < 1.29 is 14.4 Å². The quantitative estimate of drug-likeness (QED) is 0.573. The second-order valence-corrected chi connectivity index (χ2v) is 7.55. The molecule has 0 atom stereocenters. The smallest absolute Gasteiger partial charge is 0.251 e. The van der Waals surface area contributed by atoms with Crippen LogP contribution < -0.4 is 9.64 Å². The van der Waals surface area contributed by atoms with E-state index in [1.165, 1.54) is 23.5 Å². The number of para-hydroxylation sites is 1. The summed E-state index contributed by atoms with van der Waals surface area (Å²) in [5.74, 6) is 1.36. The molecule has 0 N–H and O–H groups in total. The Kier molecular flexibility index (Phi) is 5.21. The van der Waals surface area contributed by atoms with E-state index in [9.17, 15) is 4.79 Å². The summed E-state index contributed by atoms with van der Waals surface area (Å²) in [5, 5.41) is 4.47. The Morgan fingerprint density at radius 1 is 1.32 bits per heavy atom. The van der Waals surface area contributed by atoms with Gasteiger partial charge in [-0.25, -0.2) is 10.0 Å². The molecule has 28 heavy (non-hydrogen) atoms. The number of anilines is 2. The molecule has 1 aromatic heterocycles. The molecule has 144 valence electrons. The van der Waals surface area contributed by atoms with Crippen LogP contribution >= 0.6 is 22.9 Å². The normalized spacial score (nSPS) is 12.6. The van der Waals surface area contributed by atoms with Crippen molar-refractivity contribution in [3.8, 4) is 11.5 Å². The first kappa shape index (κ1) is 18.7. The van der Waals surface area contributed by atoms with Gasteiger partial charge in [0.2, 0.25) is 0 Å². The highest BCUT2D eigenvalue weighted by molar-refractivity contribution is 7.13. The topological polar surface area (TPSA) is 54.9 Å². The lowest BCUT2D eigenvalue weighted by Crippen LogP contribution is -2.27. The van der Waals surface area contributed by atoms with Crippen molar-refractivity contribution in [3.63, 3.8) is 0 Å². The standard InChI is InChI=1S/C20H18ClN3O3S/c1-23(26-2)19(25)10-15-12-28-20(22-15)24-11-13-5-3-4-6-17(13)27-18-8-7-14(21)9-16(18)24/h3-9,12H,10-11H2,1-2H3. The number of thiazole rings is 1. The summed E-state index contributed by atoms with van der Waals surface area (Å²) >= 11 is 7.73. The second kappa shape index (κ2) is 7.79. The SMILES string of the molecule is CON(C)C(=O)Cc1csc(N2Cc3ccccc3Oc3ccc(Cl)cc32)n1. The number of rotatable bonds is 4. The van der Waals surface area contributed by atoms with Gasteiger partial charge in [-0.3, -0.25) is 9.63 Å². The summed E-state index contributed by atoms with van der Waals surface area (Å²) in [7, 11) is 3.04. The fraction of sp³-hybridized carbons (Fsp3) is 0.200. The van der Waals surface area contributed by atoms with Gasteiger partial charge in [0.05, 0.1) is 31.5 Å². The molecule has 1 amide bonds. The third-order valence-electron chi connectivity index (χ3n) is 4.46. The highest BCUT2D eigenvalue weighted by Crippen LogP contribution is 2.44. The fourth-order valence-corrected chi connectivity index (χ4v) is 3.94. The molecule has 0 fully saturated rings. The molecule has 8 heteroatoms. The number of carbonyl (C=O) groups excluding carboxylic acids is 1. The van der Waals surface area contributed by atoms with Crippen LogP contribution in [0.5, 0.6) is 11.5 Å². The summed E-state index contributed by atoms with van der Waals surface area (Å²) in [6.07, 6.45) is 0.171. The van der Waals surface area contributed by atoms with Gasteiger partial charge in [0.1, 0.15) is 5.75 Å². The van der Waals surface area contributed by atoms with Crippen LogP contribution in [-0.2, 0) is 22.6 Å². The van der Waals surface area contributed by atoms with E-state index in [4.69, 9.17) is 21.2 Å². The van der Waals surface area contributed by atoms with Gasteiger partial charge >= 0.3 is 0 Å². The van der Waals surface area contributed by atoms with Crippen molar-refractivity contribution >= 4 is 39.7 Å². The number of benzene rings is 2. The Labute approximate surface area is 171 Å². The van der Waals surface area contributed by atoms with E-state index in [0.29, 0.717) is 23.0 Å². The Bertz CT molecular complexity index is 1020. The maximum absolute atomic E-state index is 12.1. The molecule has 4 rings (SSSR count). The van der Waals surface area contributed by atoms with Crippen LogP contribution in [0.1, 0.15) is 11.3 Å². The van der Waals surface area contributed by atoms with Crippen molar-refractivity contribution in [3.05, 3.63) is 64.1 Å². The first-order valence-corrected chi connectivity index (χ1v) is 9.89. The zero-order valence-corrected chi connectivity index (χ0v) is 17.0. The van der Waals surface area contributed by atoms with Crippen LogP contribution in [0.15, 0.2) is 47.8 Å². The molecule has 2 heterocycles. The zero-order valence-electron chi connectivity index (χ0n) is 15.4. The van der Waals surface area contributed by atoms with Crippen molar-refractivity contribution in [1.29, 1.82) is 0 Å². The van der Waals surface area contributed by atoms with E-state index in [-0.39, 0.29) is 12.3 Å². The number of hydroxylamine groups is 2. The lowest BCUT2D eigenvalue weighted by atomic mass is 10.2.